The normalized spacial score (nSPS) is 14.1. The van der Waals surface area contributed by atoms with Crippen LogP contribution in [0.4, 0.5) is 11.6 Å². The molecule has 1 N–H and O–H groups in total. The Kier molecular flexibility index (Phi) is 8.98. The number of benzene rings is 3. The van der Waals surface area contributed by atoms with Gasteiger partial charge in [-0.1, -0.05) is 18.2 Å². The zero-order chi connectivity index (χ0) is 27.9. The summed E-state index contributed by atoms with van der Waals surface area (Å²) in [5.74, 6) is 2.31. The molecule has 1 aliphatic heterocycles. The maximum Gasteiger partial charge on any atom is 0.223 e. The number of piperazine rings is 1. The first-order chi connectivity index (χ1) is 19.5. The number of nitrogens with zero attached hydrogens (tertiary/aromatic N) is 5. The molecule has 0 unspecified atom stereocenters. The molecule has 8 nitrogen and oxygen atoms in total. The molecule has 1 aromatic heterocycles. The Labute approximate surface area is 237 Å². The molecule has 210 valence electrons. The van der Waals surface area contributed by atoms with E-state index < -0.39 is 0 Å². The lowest BCUT2D eigenvalue weighted by Crippen LogP contribution is -2.47. The minimum atomic E-state index is 0.600. The third kappa shape index (κ3) is 6.81. The number of rotatable bonds is 11. The molecule has 0 amide bonds. The summed E-state index contributed by atoms with van der Waals surface area (Å²) in [6.07, 6.45) is 3.02. The van der Waals surface area contributed by atoms with Gasteiger partial charge < -0.3 is 24.6 Å². The van der Waals surface area contributed by atoms with Gasteiger partial charge in [0.05, 0.1) is 19.9 Å². The molecule has 4 aromatic rings. The Bertz CT molecular complexity index is 1420. The van der Waals surface area contributed by atoms with Crippen LogP contribution in [0.3, 0.4) is 0 Å². The number of hydrogen-bond acceptors (Lipinski definition) is 8. The van der Waals surface area contributed by atoms with E-state index in [0.29, 0.717) is 12.5 Å². The van der Waals surface area contributed by atoms with Gasteiger partial charge in [-0.2, -0.15) is 0 Å². The zero-order valence-corrected chi connectivity index (χ0v) is 24.1. The lowest BCUT2D eigenvalue weighted by atomic mass is 10.0. The Balaban J connectivity index is 1.38. The standard InChI is InChI=1S/C32H40N6O2/c1-36(2)13-6-14-37-15-17-38(18-16-37)31-21-26(20-25-9-10-28(40-4)22-29(25)31)30-11-12-33-32(35-30)34-23-24-7-5-8-27(19-24)39-3/h5,7-12,19-22H,6,13-18,23H2,1-4H3,(H,33,34,35). The van der Waals surface area contributed by atoms with E-state index in [1.54, 1.807) is 14.2 Å². The van der Waals surface area contributed by atoms with Gasteiger partial charge in [-0.15, -0.1) is 0 Å². The van der Waals surface area contributed by atoms with E-state index in [2.05, 4.69) is 69.4 Å². The summed E-state index contributed by atoms with van der Waals surface area (Å²) < 4.78 is 10.9. The predicted octanol–water partition coefficient (Wildman–Crippen LogP) is 5.00. The van der Waals surface area contributed by atoms with Gasteiger partial charge >= 0.3 is 0 Å². The highest BCUT2D eigenvalue weighted by atomic mass is 16.5. The average molecular weight is 541 g/mol. The van der Waals surface area contributed by atoms with Gasteiger partial charge in [0, 0.05) is 55.6 Å². The van der Waals surface area contributed by atoms with Crippen molar-refractivity contribution in [1.82, 2.24) is 19.8 Å². The maximum absolute atomic E-state index is 5.59. The molecule has 0 atom stereocenters. The third-order valence-corrected chi connectivity index (χ3v) is 7.47. The van der Waals surface area contributed by atoms with Crippen molar-refractivity contribution in [2.45, 2.75) is 13.0 Å². The van der Waals surface area contributed by atoms with E-state index in [0.717, 1.165) is 67.6 Å². The molecule has 40 heavy (non-hydrogen) atoms. The molecular formula is C32H40N6O2. The number of hydrogen-bond donors (Lipinski definition) is 1. The van der Waals surface area contributed by atoms with Crippen LogP contribution < -0.4 is 19.7 Å². The molecule has 0 aliphatic carbocycles. The Morgan fingerprint density at radius 2 is 1.70 bits per heavy atom. The van der Waals surface area contributed by atoms with Crippen LogP contribution in [0.1, 0.15) is 12.0 Å². The molecular weight excluding hydrogens is 500 g/mol. The van der Waals surface area contributed by atoms with Gasteiger partial charge in [0.15, 0.2) is 0 Å². The maximum atomic E-state index is 5.59. The monoisotopic (exact) mass is 540 g/mol. The van der Waals surface area contributed by atoms with Crippen molar-refractivity contribution >= 4 is 22.4 Å². The molecule has 8 heteroatoms. The zero-order valence-electron chi connectivity index (χ0n) is 24.1. The van der Waals surface area contributed by atoms with Gasteiger partial charge in [0.2, 0.25) is 5.95 Å². The predicted molar refractivity (Wildman–Crippen MR) is 164 cm³/mol. The quantitative estimate of drug-likeness (QED) is 0.285. The minimum Gasteiger partial charge on any atom is -0.497 e. The molecule has 1 aliphatic rings. The number of ether oxygens (including phenoxy) is 2. The van der Waals surface area contributed by atoms with Gasteiger partial charge in [-0.3, -0.25) is 4.90 Å². The molecule has 5 rings (SSSR count). The van der Waals surface area contributed by atoms with Crippen molar-refractivity contribution in [1.29, 1.82) is 0 Å². The second kappa shape index (κ2) is 13.0. The smallest absolute Gasteiger partial charge is 0.223 e. The fraction of sp³-hybridized carbons (Fsp3) is 0.375. The first-order valence-electron chi connectivity index (χ1n) is 14.0. The van der Waals surface area contributed by atoms with Gasteiger partial charge in [0.1, 0.15) is 11.5 Å². The lowest BCUT2D eigenvalue weighted by Gasteiger charge is -2.37. The number of aromatic nitrogens is 2. The van der Waals surface area contributed by atoms with Crippen LogP contribution in [0.25, 0.3) is 22.0 Å². The molecule has 0 bridgehead atoms. The molecule has 0 radical (unpaired) electrons. The fourth-order valence-electron chi connectivity index (χ4n) is 5.24. The summed E-state index contributed by atoms with van der Waals surface area (Å²) in [5, 5.41) is 5.74. The summed E-state index contributed by atoms with van der Waals surface area (Å²) in [5.41, 5.74) is 4.30. The summed E-state index contributed by atoms with van der Waals surface area (Å²) in [6, 6.07) is 20.8. The van der Waals surface area contributed by atoms with E-state index in [9.17, 15) is 0 Å². The number of fused-ring (bicyclic) bond motifs is 1. The number of nitrogens with one attached hydrogen (secondary N) is 1. The van der Waals surface area contributed by atoms with Crippen LogP contribution >= 0.6 is 0 Å². The molecule has 3 aromatic carbocycles. The topological polar surface area (TPSA) is 66.0 Å². The minimum absolute atomic E-state index is 0.600. The Morgan fingerprint density at radius 1 is 0.900 bits per heavy atom. The molecule has 2 heterocycles. The molecule has 0 spiro atoms. The van der Waals surface area contributed by atoms with E-state index in [-0.39, 0.29) is 0 Å². The molecule has 0 saturated carbocycles. The largest absolute Gasteiger partial charge is 0.497 e. The van der Waals surface area contributed by atoms with E-state index in [1.165, 1.54) is 22.9 Å². The van der Waals surface area contributed by atoms with Crippen molar-refractivity contribution in [3.05, 3.63) is 72.4 Å². The second-order valence-electron chi connectivity index (χ2n) is 10.5. The Morgan fingerprint density at radius 3 is 2.48 bits per heavy atom. The van der Waals surface area contributed by atoms with Crippen molar-refractivity contribution < 1.29 is 9.47 Å². The summed E-state index contributed by atoms with van der Waals surface area (Å²) >= 11 is 0. The van der Waals surface area contributed by atoms with Gasteiger partial charge in [-0.25, -0.2) is 9.97 Å². The highest BCUT2D eigenvalue weighted by Crippen LogP contribution is 2.35. The average Bonchev–Trinajstić information content (AvgIpc) is 2.99. The number of methoxy groups -OCH3 is 2. The number of anilines is 2. The van der Waals surface area contributed by atoms with Crippen LogP contribution in [0, 0.1) is 0 Å². The van der Waals surface area contributed by atoms with E-state index in [1.807, 2.05) is 36.5 Å². The van der Waals surface area contributed by atoms with Crippen LogP contribution in [-0.2, 0) is 6.54 Å². The van der Waals surface area contributed by atoms with Gasteiger partial charge in [0.25, 0.3) is 0 Å². The van der Waals surface area contributed by atoms with Crippen molar-refractivity contribution in [2.24, 2.45) is 0 Å². The highest BCUT2D eigenvalue weighted by Gasteiger charge is 2.20. The Hall–Kier alpha value is -3.88. The summed E-state index contributed by atoms with van der Waals surface area (Å²) in [4.78, 5) is 16.7. The first-order valence-corrected chi connectivity index (χ1v) is 14.0. The molecule has 1 saturated heterocycles. The third-order valence-electron chi connectivity index (χ3n) is 7.47. The van der Waals surface area contributed by atoms with Crippen LogP contribution in [0.2, 0.25) is 0 Å². The summed E-state index contributed by atoms with van der Waals surface area (Å²) in [7, 11) is 7.69. The van der Waals surface area contributed by atoms with Gasteiger partial charge in [-0.05, 0) is 87.0 Å². The lowest BCUT2D eigenvalue weighted by molar-refractivity contribution is 0.242. The van der Waals surface area contributed by atoms with E-state index in [4.69, 9.17) is 14.5 Å². The summed E-state index contributed by atoms with van der Waals surface area (Å²) in [6.45, 7) is 7.00. The SMILES string of the molecule is COc1cccc(CNc2nccc(-c3cc(N4CCN(CCCN(C)C)CC4)c4cc(OC)ccc4c3)n2)c1. The molecule has 1 fully saturated rings. The second-order valence-corrected chi connectivity index (χ2v) is 10.5. The van der Waals surface area contributed by atoms with Crippen LogP contribution in [-0.4, -0.2) is 87.4 Å². The van der Waals surface area contributed by atoms with Crippen LogP contribution in [0.15, 0.2) is 66.9 Å². The van der Waals surface area contributed by atoms with Crippen molar-refractivity contribution in [3.63, 3.8) is 0 Å². The fourth-order valence-corrected chi connectivity index (χ4v) is 5.24. The van der Waals surface area contributed by atoms with Crippen molar-refractivity contribution in [3.8, 4) is 22.8 Å². The van der Waals surface area contributed by atoms with E-state index >= 15 is 0 Å². The highest BCUT2D eigenvalue weighted by molar-refractivity contribution is 5.98. The first kappa shape index (κ1) is 27.7. The van der Waals surface area contributed by atoms with Crippen molar-refractivity contribution in [2.75, 3.05) is 77.8 Å². The van der Waals surface area contributed by atoms with Crippen LogP contribution in [0.5, 0.6) is 11.5 Å².